The second-order valence-electron chi connectivity index (χ2n) is 5.12. The zero-order valence-corrected chi connectivity index (χ0v) is 12.3. The molecule has 2 amide bonds. The molecule has 0 bridgehead atoms. The highest BCUT2D eigenvalue weighted by atomic mass is 16.5. The summed E-state index contributed by atoms with van der Waals surface area (Å²) in [4.78, 5) is 26.6. The third-order valence-corrected chi connectivity index (χ3v) is 3.71. The monoisotopic (exact) mass is 288 g/mol. The zero-order chi connectivity index (χ0) is 15.3. The number of likely N-dealkylation sites (tertiary alicyclic amines) is 1. The standard InChI is InChI=1S/C13H24N2O5/c1-4-9(2)14(5-6-20-3)13(19)15-8-10(16)7-11(15)12(17)18/h9-11,16H,4-8H2,1-3H3,(H,17,18). The van der Waals surface area contributed by atoms with E-state index in [1.54, 1.807) is 12.0 Å². The van der Waals surface area contributed by atoms with Gasteiger partial charge in [0.1, 0.15) is 6.04 Å². The molecule has 1 fully saturated rings. The number of methoxy groups -OCH3 is 1. The minimum atomic E-state index is -1.08. The first-order chi connectivity index (χ1) is 9.42. The molecule has 1 rings (SSSR count). The molecule has 3 unspecified atom stereocenters. The quantitative estimate of drug-likeness (QED) is 0.737. The number of hydrogen-bond donors (Lipinski definition) is 2. The van der Waals surface area contributed by atoms with E-state index in [1.165, 1.54) is 4.90 Å². The van der Waals surface area contributed by atoms with E-state index in [4.69, 9.17) is 9.84 Å². The number of ether oxygens (including phenoxy) is 1. The number of amides is 2. The molecule has 3 atom stereocenters. The molecule has 0 aliphatic carbocycles. The Labute approximate surface area is 119 Å². The lowest BCUT2D eigenvalue weighted by Crippen LogP contribution is -2.51. The number of aliphatic hydroxyl groups excluding tert-OH is 1. The number of aliphatic hydroxyl groups is 1. The molecule has 20 heavy (non-hydrogen) atoms. The van der Waals surface area contributed by atoms with Crippen LogP contribution in [0, 0.1) is 0 Å². The molecule has 0 aromatic heterocycles. The van der Waals surface area contributed by atoms with E-state index in [0.29, 0.717) is 13.2 Å². The lowest BCUT2D eigenvalue weighted by molar-refractivity contribution is -0.141. The van der Waals surface area contributed by atoms with Crippen molar-refractivity contribution in [3.63, 3.8) is 0 Å². The van der Waals surface area contributed by atoms with Crippen LogP contribution in [0.3, 0.4) is 0 Å². The number of β-amino-alcohol motifs (C(OH)–C–C–N with tert-alkyl or cyclic N) is 1. The van der Waals surface area contributed by atoms with Gasteiger partial charge in [0.2, 0.25) is 0 Å². The van der Waals surface area contributed by atoms with Crippen LogP contribution in [0.25, 0.3) is 0 Å². The number of rotatable bonds is 6. The van der Waals surface area contributed by atoms with Gasteiger partial charge >= 0.3 is 12.0 Å². The second-order valence-corrected chi connectivity index (χ2v) is 5.12. The molecule has 1 saturated heterocycles. The number of carboxylic acids is 1. The van der Waals surface area contributed by atoms with Gasteiger partial charge in [0, 0.05) is 32.7 Å². The molecule has 0 radical (unpaired) electrons. The third kappa shape index (κ3) is 3.83. The van der Waals surface area contributed by atoms with Crippen LogP contribution >= 0.6 is 0 Å². The van der Waals surface area contributed by atoms with Gasteiger partial charge in [-0.2, -0.15) is 0 Å². The Morgan fingerprint density at radius 1 is 1.50 bits per heavy atom. The maximum absolute atomic E-state index is 12.5. The van der Waals surface area contributed by atoms with Crippen LogP contribution in [0.15, 0.2) is 0 Å². The number of carbonyl (C=O) groups excluding carboxylic acids is 1. The van der Waals surface area contributed by atoms with Crippen molar-refractivity contribution >= 4 is 12.0 Å². The van der Waals surface area contributed by atoms with E-state index in [9.17, 15) is 14.7 Å². The molecule has 0 spiro atoms. The third-order valence-electron chi connectivity index (χ3n) is 3.71. The summed E-state index contributed by atoms with van der Waals surface area (Å²) in [5.74, 6) is -1.08. The molecule has 0 aromatic carbocycles. The second kappa shape index (κ2) is 7.44. The molecule has 1 aliphatic rings. The summed E-state index contributed by atoms with van der Waals surface area (Å²) in [6.45, 7) is 4.74. The van der Waals surface area contributed by atoms with Crippen LogP contribution in [-0.4, -0.2) is 77.0 Å². The minimum Gasteiger partial charge on any atom is -0.480 e. The Balaban J connectivity index is 2.84. The van der Waals surface area contributed by atoms with Gasteiger partial charge in [-0.05, 0) is 13.3 Å². The molecule has 1 heterocycles. The average Bonchev–Trinajstić information content (AvgIpc) is 2.80. The first-order valence-corrected chi connectivity index (χ1v) is 6.89. The van der Waals surface area contributed by atoms with E-state index in [-0.39, 0.29) is 25.0 Å². The van der Waals surface area contributed by atoms with Gasteiger partial charge in [0.05, 0.1) is 12.7 Å². The average molecular weight is 288 g/mol. The number of hydrogen-bond acceptors (Lipinski definition) is 4. The SMILES string of the molecule is CCC(C)N(CCOC)C(=O)N1CC(O)CC1C(=O)O. The van der Waals surface area contributed by atoms with Gasteiger partial charge in [-0.3, -0.25) is 0 Å². The van der Waals surface area contributed by atoms with Crippen LogP contribution in [0.1, 0.15) is 26.7 Å². The highest BCUT2D eigenvalue weighted by Crippen LogP contribution is 2.21. The maximum atomic E-state index is 12.5. The fraction of sp³-hybridized carbons (Fsp3) is 0.846. The van der Waals surface area contributed by atoms with E-state index < -0.39 is 18.1 Å². The van der Waals surface area contributed by atoms with Crippen molar-refractivity contribution in [2.24, 2.45) is 0 Å². The Morgan fingerprint density at radius 3 is 2.65 bits per heavy atom. The summed E-state index contributed by atoms with van der Waals surface area (Å²) in [5.41, 5.74) is 0. The van der Waals surface area contributed by atoms with Crippen LogP contribution in [-0.2, 0) is 9.53 Å². The molecule has 116 valence electrons. The minimum absolute atomic E-state index is 0.00941. The van der Waals surface area contributed by atoms with Crippen molar-refractivity contribution in [2.75, 3.05) is 26.8 Å². The Morgan fingerprint density at radius 2 is 2.15 bits per heavy atom. The van der Waals surface area contributed by atoms with Crippen LogP contribution in [0.2, 0.25) is 0 Å². The summed E-state index contributed by atoms with van der Waals surface area (Å²) < 4.78 is 5.00. The number of urea groups is 1. The molecule has 0 saturated carbocycles. The summed E-state index contributed by atoms with van der Waals surface area (Å²) in [5, 5.41) is 18.8. The van der Waals surface area contributed by atoms with Gasteiger partial charge in [-0.15, -0.1) is 0 Å². The van der Waals surface area contributed by atoms with Crippen LogP contribution < -0.4 is 0 Å². The molecule has 2 N–H and O–H groups in total. The van der Waals surface area contributed by atoms with E-state index in [1.807, 2.05) is 13.8 Å². The van der Waals surface area contributed by atoms with Crippen molar-refractivity contribution in [3.05, 3.63) is 0 Å². The fourth-order valence-corrected chi connectivity index (χ4v) is 2.34. The van der Waals surface area contributed by atoms with Crippen molar-refractivity contribution in [1.82, 2.24) is 9.80 Å². The lowest BCUT2D eigenvalue weighted by Gasteiger charge is -2.34. The van der Waals surface area contributed by atoms with Gasteiger partial charge in [0.25, 0.3) is 0 Å². The van der Waals surface area contributed by atoms with Crippen molar-refractivity contribution in [3.8, 4) is 0 Å². The molecular formula is C13H24N2O5. The first kappa shape index (κ1) is 16.7. The Hall–Kier alpha value is -1.34. The summed E-state index contributed by atoms with van der Waals surface area (Å²) >= 11 is 0. The van der Waals surface area contributed by atoms with E-state index in [0.717, 1.165) is 6.42 Å². The largest absolute Gasteiger partial charge is 0.480 e. The van der Waals surface area contributed by atoms with Crippen molar-refractivity contribution in [1.29, 1.82) is 0 Å². The van der Waals surface area contributed by atoms with Crippen molar-refractivity contribution in [2.45, 2.75) is 44.9 Å². The fourth-order valence-electron chi connectivity index (χ4n) is 2.34. The van der Waals surface area contributed by atoms with Gasteiger partial charge in [-0.1, -0.05) is 6.92 Å². The number of carbonyl (C=O) groups is 2. The predicted octanol–water partition coefficient (Wildman–Crippen LogP) is 0.373. The molecule has 0 aromatic rings. The number of nitrogens with zero attached hydrogens (tertiary/aromatic N) is 2. The van der Waals surface area contributed by atoms with E-state index >= 15 is 0 Å². The summed E-state index contributed by atoms with van der Waals surface area (Å²) in [6.07, 6.45) is 0.0739. The van der Waals surface area contributed by atoms with Crippen molar-refractivity contribution < 1.29 is 24.5 Å². The summed E-state index contributed by atoms with van der Waals surface area (Å²) in [7, 11) is 1.55. The van der Waals surface area contributed by atoms with Crippen LogP contribution in [0.5, 0.6) is 0 Å². The molecule has 7 nitrogen and oxygen atoms in total. The predicted molar refractivity (Wildman–Crippen MR) is 72.5 cm³/mol. The molecule has 1 aliphatic heterocycles. The lowest BCUT2D eigenvalue weighted by atomic mass is 10.2. The first-order valence-electron chi connectivity index (χ1n) is 6.89. The van der Waals surface area contributed by atoms with Gasteiger partial charge in [0.15, 0.2) is 0 Å². The maximum Gasteiger partial charge on any atom is 0.326 e. The highest BCUT2D eigenvalue weighted by molar-refractivity contribution is 5.83. The Kier molecular flexibility index (Phi) is 6.22. The Bertz CT molecular complexity index is 350. The molecular weight excluding hydrogens is 264 g/mol. The zero-order valence-electron chi connectivity index (χ0n) is 12.3. The summed E-state index contributed by atoms with van der Waals surface area (Å²) in [6, 6.07) is -1.31. The number of aliphatic carboxylic acids is 1. The number of carboxylic acid groups (broad SMARTS) is 1. The molecule has 7 heteroatoms. The van der Waals surface area contributed by atoms with Crippen LogP contribution in [0.4, 0.5) is 4.79 Å². The van der Waals surface area contributed by atoms with Gasteiger partial charge in [-0.25, -0.2) is 9.59 Å². The van der Waals surface area contributed by atoms with E-state index in [2.05, 4.69) is 0 Å². The normalized spacial score (nSPS) is 23.7. The van der Waals surface area contributed by atoms with Gasteiger partial charge < -0.3 is 24.7 Å². The topological polar surface area (TPSA) is 90.3 Å². The smallest absolute Gasteiger partial charge is 0.326 e. The highest BCUT2D eigenvalue weighted by Gasteiger charge is 2.41.